The smallest absolute Gasteiger partial charge is 0.244 e. The summed E-state index contributed by atoms with van der Waals surface area (Å²) in [6, 6.07) is 1.61. The third-order valence-corrected chi connectivity index (χ3v) is 6.04. The Morgan fingerprint density at radius 1 is 1.42 bits per heavy atom. The van der Waals surface area contributed by atoms with Crippen molar-refractivity contribution in [2.24, 2.45) is 5.92 Å². The number of sulfonamides is 1. The molecule has 1 aromatic rings. The minimum Gasteiger partial charge on any atom is -0.262 e. The van der Waals surface area contributed by atoms with E-state index in [1.807, 2.05) is 0 Å². The van der Waals surface area contributed by atoms with Crippen LogP contribution in [0.25, 0.3) is 0 Å². The fourth-order valence-electron chi connectivity index (χ4n) is 2.32. The Labute approximate surface area is 130 Å². The minimum absolute atomic E-state index is 0.265. The molecule has 0 amide bonds. The molecule has 0 saturated carbocycles. The van der Waals surface area contributed by atoms with Crippen molar-refractivity contribution in [3.8, 4) is 0 Å². The second-order valence-corrected chi connectivity index (χ2v) is 8.33. The Morgan fingerprint density at radius 3 is 2.89 bits per heavy atom. The maximum atomic E-state index is 12.5. The fourth-order valence-corrected chi connectivity index (χ4v) is 5.03. The van der Waals surface area contributed by atoms with Gasteiger partial charge in [0, 0.05) is 35.3 Å². The molecule has 19 heavy (non-hydrogen) atoms. The van der Waals surface area contributed by atoms with Gasteiger partial charge in [-0.25, -0.2) is 8.42 Å². The topological polar surface area (TPSA) is 50.3 Å². The van der Waals surface area contributed by atoms with E-state index < -0.39 is 10.0 Å². The van der Waals surface area contributed by atoms with Gasteiger partial charge in [0.15, 0.2) is 0 Å². The van der Waals surface area contributed by atoms with Crippen LogP contribution < -0.4 is 0 Å². The van der Waals surface area contributed by atoms with Gasteiger partial charge in [0.1, 0.15) is 4.90 Å². The number of rotatable bonds is 4. The summed E-state index contributed by atoms with van der Waals surface area (Å²) in [7, 11) is -3.41. The van der Waals surface area contributed by atoms with Gasteiger partial charge in [-0.15, -0.1) is 0 Å². The standard InChI is InChI=1S/C12H16Br2N2O2S/c13-4-3-10-2-1-5-16(9-10)19(17,18)12-6-11(14)7-15-8-12/h6-8,10H,1-5,9H2. The number of piperidine rings is 1. The summed E-state index contributed by atoms with van der Waals surface area (Å²) in [5.74, 6) is 0.447. The van der Waals surface area contributed by atoms with E-state index in [2.05, 4.69) is 36.8 Å². The highest BCUT2D eigenvalue weighted by molar-refractivity contribution is 9.10. The first-order valence-corrected chi connectivity index (χ1v) is 9.56. The normalized spacial score (nSPS) is 21.5. The van der Waals surface area contributed by atoms with Gasteiger partial charge in [0.25, 0.3) is 0 Å². The molecule has 1 atom stereocenters. The van der Waals surface area contributed by atoms with Crippen molar-refractivity contribution in [1.29, 1.82) is 0 Å². The quantitative estimate of drug-likeness (QED) is 0.715. The molecule has 0 radical (unpaired) electrons. The van der Waals surface area contributed by atoms with Crippen LogP contribution in [0.1, 0.15) is 19.3 Å². The van der Waals surface area contributed by atoms with E-state index in [-0.39, 0.29) is 4.90 Å². The van der Waals surface area contributed by atoms with E-state index in [0.29, 0.717) is 23.5 Å². The maximum Gasteiger partial charge on any atom is 0.244 e. The van der Waals surface area contributed by atoms with Crippen molar-refractivity contribution < 1.29 is 8.42 Å². The molecule has 1 aliphatic rings. The van der Waals surface area contributed by atoms with E-state index in [1.54, 1.807) is 16.6 Å². The fraction of sp³-hybridized carbons (Fsp3) is 0.583. The van der Waals surface area contributed by atoms with Crippen LogP contribution in [0.3, 0.4) is 0 Å². The SMILES string of the molecule is O=S(=O)(c1cncc(Br)c1)N1CCCC(CCBr)C1. The van der Waals surface area contributed by atoms with Crippen LogP contribution in [0.2, 0.25) is 0 Å². The second kappa shape index (κ2) is 6.65. The van der Waals surface area contributed by atoms with Crippen molar-refractivity contribution in [3.63, 3.8) is 0 Å². The third-order valence-electron chi connectivity index (χ3n) is 3.32. The number of aromatic nitrogens is 1. The van der Waals surface area contributed by atoms with Gasteiger partial charge < -0.3 is 0 Å². The summed E-state index contributed by atoms with van der Waals surface area (Å²) >= 11 is 6.69. The Kier molecular flexibility index (Phi) is 5.39. The average molecular weight is 412 g/mol. The van der Waals surface area contributed by atoms with E-state index >= 15 is 0 Å². The predicted octanol–water partition coefficient (Wildman–Crippen LogP) is 3.03. The molecule has 1 aromatic heterocycles. The zero-order valence-electron chi connectivity index (χ0n) is 10.4. The van der Waals surface area contributed by atoms with Gasteiger partial charge in [-0.2, -0.15) is 4.31 Å². The molecular formula is C12H16Br2N2O2S. The number of halogens is 2. The summed E-state index contributed by atoms with van der Waals surface area (Å²) < 4.78 is 27.4. The van der Waals surface area contributed by atoms with Gasteiger partial charge in [0.05, 0.1) is 0 Å². The highest BCUT2D eigenvalue weighted by atomic mass is 79.9. The zero-order chi connectivity index (χ0) is 13.9. The Hall–Kier alpha value is 0.0200. The predicted molar refractivity (Wildman–Crippen MR) is 81.8 cm³/mol. The lowest BCUT2D eigenvalue weighted by atomic mass is 9.97. The van der Waals surface area contributed by atoms with Crippen LogP contribution in [-0.4, -0.2) is 36.1 Å². The molecule has 0 aliphatic carbocycles. The first-order chi connectivity index (χ1) is 9.04. The molecule has 1 fully saturated rings. The summed E-state index contributed by atoms with van der Waals surface area (Å²) in [4.78, 5) is 4.21. The van der Waals surface area contributed by atoms with Crippen molar-refractivity contribution in [3.05, 3.63) is 22.9 Å². The summed E-state index contributed by atoms with van der Waals surface area (Å²) in [6.45, 7) is 1.22. The number of hydrogen-bond acceptors (Lipinski definition) is 3. The van der Waals surface area contributed by atoms with Crippen LogP contribution in [0.4, 0.5) is 0 Å². The zero-order valence-corrected chi connectivity index (χ0v) is 14.4. The van der Waals surface area contributed by atoms with Crippen LogP contribution >= 0.6 is 31.9 Å². The van der Waals surface area contributed by atoms with E-state index in [0.717, 1.165) is 24.6 Å². The van der Waals surface area contributed by atoms with Crippen LogP contribution in [0.15, 0.2) is 27.8 Å². The van der Waals surface area contributed by atoms with E-state index in [1.165, 1.54) is 6.20 Å². The van der Waals surface area contributed by atoms with Gasteiger partial charge in [-0.1, -0.05) is 15.9 Å². The van der Waals surface area contributed by atoms with Crippen LogP contribution in [0.5, 0.6) is 0 Å². The van der Waals surface area contributed by atoms with Crippen LogP contribution in [-0.2, 0) is 10.0 Å². The molecular weight excluding hydrogens is 396 g/mol. The van der Waals surface area contributed by atoms with Crippen LogP contribution in [0, 0.1) is 5.92 Å². The summed E-state index contributed by atoms with van der Waals surface area (Å²) in [5, 5.41) is 0.921. The number of nitrogens with zero attached hydrogens (tertiary/aromatic N) is 2. The lowest BCUT2D eigenvalue weighted by molar-refractivity contribution is 0.263. The minimum atomic E-state index is -3.41. The first-order valence-electron chi connectivity index (χ1n) is 6.20. The highest BCUT2D eigenvalue weighted by Crippen LogP contribution is 2.26. The largest absolute Gasteiger partial charge is 0.262 e. The Balaban J connectivity index is 2.19. The van der Waals surface area contributed by atoms with Crippen molar-refractivity contribution >= 4 is 41.9 Å². The van der Waals surface area contributed by atoms with Gasteiger partial charge in [0.2, 0.25) is 10.0 Å². The molecule has 1 unspecified atom stereocenters. The molecule has 7 heteroatoms. The molecule has 0 spiro atoms. The molecule has 0 N–H and O–H groups in total. The molecule has 1 saturated heterocycles. The third kappa shape index (κ3) is 3.77. The van der Waals surface area contributed by atoms with Gasteiger partial charge in [-0.3, -0.25) is 4.98 Å². The lowest BCUT2D eigenvalue weighted by Gasteiger charge is -2.31. The monoisotopic (exact) mass is 410 g/mol. The first kappa shape index (κ1) is 15.4. The van der Waals surface area contributed by atoms with Gasteiger partial charge in [-0.05, 0) is 47.2 Å². The molecule has 4 nitrogen and oxygen atoms in total. The number of alkyl halides is 1. The molecule has 106 valence electrons. The lowest BCUT2D eigenvalue weighted by Crippen LogP contribution is -2.40. The molecule has 0 bridgehead atoms. The van der Waals surface area contributed by atoms with Gasteiger partial charge >= 0.3 is 0 Å². The van der Waals surface area contributed by atoms with Crippen molar-refractivity contribution in [2.45, 2.75) is 24.2 Å². The highest BCUT2D eigenvalue weighted by Gasteiger charge is 2.30. The molecule has 2 rings (SSSR count). The van der Waals surface area contributed by atoms with E-state index in [4.69, 9.17) is 0 Å². The molecule has 0 aromatic carbocycles. The molecule has 2 heterocycles. The molecule has 1 aliphatic heterocycles. The van der Waals surface area contributed by atoms with Crippen molar-refractivity contribution in [1.82, 2.24) is 9.29 Å². The average Bonchev–Trinajstić information content (AvgIpc) is 2.39. The Bertz CT molecular complexity index is 534. The van der Waals surface area contributed by atoms with E-state index in [9.17, 15) is 8.42 Å². The maximum absolute atomic E-state index is 12.5. The summed E-state index contributed by atoms with van der Waals surface area (Å²) in [6.07, 6.45) is 6.05. The number of hydrogen-bond donors (Lipinski definition) is 0. The number of pyridine rings is 1. The Morgan fingerprint density at radius 2 is 2.21 bits per heavy atom. The summed E-state index contributed by atoms with van der Waals surface area (Å²) in [5.41, 5.74) is 0. The second-order valence-electron chi connectivity index (χ2n) is 4.69. The van der Waals surface area contributed by atoms with Crippen molar-refractivity contribution in [2.75, 3.05) is 18.4 Å².